The van der Waals surface area contributed by atoms with Gasteiger partial charge in [0, 0.05) is 25.2 Å². The fourth-order valence-electron chi connectivity index (χ4n) is 2.38. The number of primary sulfonamides is 1. The first-order chi connectivity index (χ1) is 9.30. The van der Waals surface area contributed by atoms with Crippen LogP contribution in [0.25, 0.3) is 0 Å². The summed E-state index contributed by atoms with van der Waals surface area (Å²) < 4.78 is 23.0. The molecule has 3 N–H and O–H groups in total. The number of aryl methyl sites for hydroxylation is 1. The molecule has 1 aliphatic rings. The summed E-state index contributed by atoms with van der Waals surface area (Å²) in [5, 5.41) is 8.36. The van der Waals surface area contributed by atoms with E-state index >= 15 is 0 Å². The van der Waals surface area contributed by atoms with Crippen LogP contribution in [-0.4, -0.2) is 45.4 Å². The number of nitrogens with zero attached hydrogens (tertiary/aromatic N) is 1. The minimum Gasteiger partial charge on any atom is -0.337 e. The molecule has 1 aliphatic heterocycles. The van der Waals surface area contributed by atoms with Crippen LogP contribution in [0.1, 0.15) is 22.3 Å². The van der Waals surface area contributed by atoms with Gasteiger partial charge in [-0.05, 0) is 37.6 Å². The maximum absolute atomic E-state index is 12.4. The van der Waals surface area contributed by atoms with Crippen LogP contribution in [0.5, 0.6) is 0 Å². The largest absolute Gasteiger partial charge is 0.337 e. The average Bonchev–Trinajstić information content (AvgIpc) is 2.90. The number of halogens is 1. The van der Waals surface area contributed by atoms with Crippen molar-refractivity contribution in [3.8, 4) is 0 Å². The molecule has 2 rings (SSSR count). The van der Waals surface area contributed by atoms with Crippen molar-refractivity contribution in [3.05, 3.63) is 29.3 Å². The van der Waals surface area contributed by atoms with Crippen molar-refractivity contribution in [2.45, 2.75) is 24.3 Å². The number of benzene rings is 1. The summed E-state index contributed by atoms with van der Waals surface area (Å²) in [6, 6.07) is 4.73. The van der Waals surface area contributed by atoms with Crippen molar-refractivity contribution in [2.24, 2.45) is 5.14 Å². The van der Waals surface area contributed by atoms with Crippen molar-refractivity contribution >= 4 is 28.3 Å². The maximum atomic E-state index is 12.4. The second-order valence-electron chi connectivity index (χ2n) is 5.09. The Hall–Kier alpha value is -1.15. The molecule has 6 nitrogen and oxygen atoms in total. The van der Waals surface area contributed by atoms with Crippen LogP contribution in [0.2, 0.25) is 0 Å². The van der Waals surface area contributed by atoms with Crippen molar-refractivity contribution in [2.75, 3.05) is 20.1 Å². The molecule has 0 bridgehead atoms. The molecule has 8 heteroatoms. The van der Waals surface area contributed by atoms with Gasteiger partial charge in [0.05, 0.1) is 4.90 Å². The lowest BCUT2D eigenvalue weighted by atomic mass is 10.1. The molecule has 118 valence electrons. The van der Waals surface area contributed by atoms with Crippen molar-refractivity contribution < 1.29 is 13.2 Å². The molecule has 1 heterocycles. The summed E-state index contributed by atoms with van der Waals surface area (Å²) in [5.41, 5.74) is 0.878. The highest BCUT2D eigenvalue weighted by molar-refractivity contribution is 7.89. The highest BCUT2D eigenvalue weighted by Crippen LogP contribution is 2.18. The molecular formula is C13H20ClN3O3S. The van der Waals surface area contributed by atoms with E-state index in [9.17, 15) is 13.2 Å². The maximum Gasteiger partial charge on any atom is 0.253 e. The van der Waals surface area contributed by atoms with Gasteiger partial charge in [0.15, 0.2) is 0 Å². The van der Waals surface area contributed by atoms with Gasteiger partial charge in [-0.3, -0.25) is 4.79 Å². The number of amides is 1. The third kappa shape index (κ3) is 3.94. The van der Waals surface area contributed by atoms with Crippen LogP contribution < -0.4 is 10.5 Å². The number of likely N-dealkylation sites (N-methyl/N-ethyl adjacent to an activating group) is 1. The first-order valence-electron chi connectivity index (χ1n) is 6.42. The number of hydrogen-bond acceptors (Lipinski definition) is 4. The average molecular weight is 334 g/mol. The zero-order chi connectivity index (χ0) is 14.9. The lowest BCUT2D eigenvalue weighted by molar-refractivity contribution is 0.0743. The highest BCUT2D eigenvalue weighted by Gasteiger charge is 2.25. The Morgan fingerprint density at radius 3 is 2.62 bits per heavy atom. The Morgan fingerprint density at radius 1 is 1.43 bits per heavy atom. The molecule has 1 amide bonds. The SMILES string of the molecule is Cc1ccc(C(=O)N(C)C2CCNC2)cc1S(N)(=O)=O.Cl. The Bertz CT molecular complexity index is 628. The molecule has 1 unspecified atom stereocenters. The summed E-state index contributed by atoms with van der Waals surface area (Å²) in [6.45, 7) is 3.30. The molecule has 1 aromatic rings. The summed E-state index contributed by atoms with van der Waals surface area (Å²) in [6.07, 6.45) is 0.899. The molecule has 0 aromatic heterocycles. The Morgan fingerprint density at radius 2 is 2.10 bits per heavy atom. The molecule has 21 heavy (non-hydrogen) atoms. The number of nitrogens with one attached hydrogen (secondary N) is 1. The van der Waals surface area contributed by atoms with E-state index in [1.165, 1.54) is 6.07 Å². The van der Waals surface area contributed by atoms with Gasteiger partial charge >= 0.3 is 0 Å². The summed E-state index contributed by atoms with van der Waals surface area (Å²) in [7, 11) is -2.08. The number of sulfonamides is 1. The lowest BCUT2D eigenvalue weighted by Crippen LogP contribution is -2.38. The second kappa shape index (κ2) is 6.74. The first-order valence-corrected chi connectivity index (χ1v) is 7.96. The van der Waals surface area contributed by atoms with E-state index in [2.05, 4.69) is 5.32 Å². The minimum atomic E-state index is -3.82. The number of hydrogen-bond donors (Lipinski definition) is 2. The molecule has 0 aliphatic carbocycles. The fraction of sp³-hybridized carbons (Fsp3) is 0.462. The quantitative estimate of drug-likeness (QED) is 0.842. The molecule has 1 saturated heterocycles. The Balaban J connectivity index is 0.00000220. The smallest absolute Gasteiger partial charge is 0.253 e. The molecular weight excluding hydrogens is 314 g/mol. The van der Waals surface area contributed by atoms with Gasteiger partial charge in [-0.15, -0.1) is 12.4 Å². The lowest BCUT2D eigenvalue weighted by Gasteiger charge is -2.24. The van der Waals surface area contributed by atoms with E-state index in [0.717, 1.165) is 19.5 Å². The minimum absolute atomic E-state index is 0. The van der Waals surface area contributed by atoms with Gasteiger partial charge in [-0.25, -0.2) is 13.6 Å². The van der Waals surface area contributed by atoms with Crippen molar-refractivity contribution in [3.63, 3.8) is 0 Å². The third-order valence-electron chi connectivity index (χ3n) is 3.64. The zero-order valence-corrected chi connectivity index (χ0v) is 13.6. The van der Waals surface area contributed by atoms with E-state index in [1.54, 1.807) is 31.0 Å². The van der Waals surface area contributed by atoms with Crippen molar-refractivity contribution in [1.29, 1.82) is 0 Å². The molecule has 0 radical (unpaired) electrons. The Labute approximate surface area is 131 Å². The molecule has 0 saturated carbocycles. The number of carbonyl (C=O) groups excluding carboxylic acids is 1. The number of rotatable bonds is 3. The second-order valence-corrected chi connectivity index (χ2v) is 6.62. The fourth-order valence-corrected chi connectivity index (χ4v) is 3.19. The third-order valence-corrected chi connectivity index (χ3v) is 4.70. The number of nitrogens with two attached hydrogens (primary N) is 1. The van der Waals surface area contributed by atoms with Crippen LogP contribution in [0.4, 0.5) is 0 Å². The standard InChI is InChI=1S/C13H19N3O3S.ClH/c1-9-3-4-10(7-12(9)20(14,18)19)13(17)16(2)11-5-6-15-8-11;/h3-4,7,11,15H,5-6,8H2,1-2H3,(H2,14,18,19);1H. The van der Waals surface area contributed by atoms with Gasteiger partial charge in [-0.2, -0.15) is 0 Å². The number of carbonyl (C=O) groups is 1. The summed E-state index contributed by atoms with van der Waals surface area (Å²) in [5.74, 6) is -0.191. The van der Waals surface area contributed by atoms with Gasteiger partial charge in [0.2, 0.25) is 10.0 Å². The van der Waals surface area contributed by atoms with Crippen LogP contribution in [0.3, 0.4) is 0 Å². The Kier molecular flexibility index (Phi) is 5.75. The van der Waals surface area contributed by atoms with Crippen LogP contribution in [0, 0.1) is 6.92 Å². The van der Waals surface area contributed by atoms with Crippen LogP contribution in [-0.2, 0) is 10.0 Å². The molecule has 1 aromatic carbocycles. The topological polar surface area (TPSA) is 92.5 Å². The van der Waals surface area contributed by atoms with Gasteiger partial charge in [-0.1, -0.05) is 6.07 Å². The van der Waals surface area contributed by atoms with Gasteiger partial charge in [0.1, 0.15) is 0 Å². The monoisotopic (exact) mass is 333 g/mol. The van der Waals surface area contributed by atoms with E-state index in [4.69, 9.17) is 5.14 Å². The van der Waals surface area contributed by atoms with Gasteiger partial charge < -0.3 is 10.2 Å². The first kappa shape index (κ1) is 17.9. The van der Waals surface area contributed by atoms with Gasteiger partial charge in [0.25, 0.3) is 5.91 Å². The van der Waals surface area contributed by atoms with Crippen molar-refractivity contribution in [1.82, 2.24) is 10.2 Å². The molecule has 1 fully saturated rings. The highest BCUT2D eigenvalue weighted by atomic mass is 35.5. The zero-order valence-electron chi connectivity index (χ0n) is 12.0. The predicted octanol–water partition coefficient (Wildman–Crippen LogP) is 0.498. The van der Waals surface area contributed by atoms with Crippen LogP contribution in [0.15, 0.2) is 23.1 Å². The predicted molar refractivity (Wildman–Crippen MR) is 83.2 cm³/mol. The summed E-state index contributed by atoms with van der Waals surface area (Å²) in [4.78, 5) is 14.0. The van der Waals surface area contributed by atoms with E-state index in [-0.39, 0.29) is 29.3 Å². The molecule has 0 spiro atoms. The van der Waals surface area contributed by atoms with E-state index < -0.39 is 10.0 Å². The molecule has 1 atom stereocenters. The van der Waals surface area contributed by atoms with Crippen LogP contribution >= 0.6 is 12.4 Å². The van der Waals surface area contributed by atoms with E-state index in [1.807, 2.05) is 0 Å². The van der Waals surface area contributed by atoms with E-state index in [0.29, 0.717) is 11.1 Å². The normalized spacial score (nSPS) is 18.1. The summed E-state index contributed by atoms with van der Waals surface area (Å²) >= 11 is 0.